The van der Waals surface area contributed by atoms with E-state index in [4.69, 9.17) is 16.3 Å². The van der Waals surface area contributed by atoms with Crippen molar-refractivity contribution < 1.29 is 17.9 Å². The summed E-state index contributed by atoms with van der Waals surface area (Å²) < 4.78 is 34.7. The summed E-state index contributed by atoms with van der Waals surface area (Å²) >= 11 is 6.05. The molecule has 2 N–H and O–H groups in total. The maximum Gasteiger partial charge on any atom is 0.242 e. The van der Waals surface area contributed by atoms with Crippen LogP contribution < -0.4 is 14.9 Å². The van der Waals surface area contributed by atoms with E-state index in [1.165, 1.54) is 18.3 Å². The lowest BCUT2D eigenvalue weighted by Crippen LogP contribution is -2.32. The highest BCUT2D eigenvalue weighted by atomic mass is 35.5. The van der Waals surface area contributed by atoms with Crippen LogP contribution in [0.25, 0.3) is 0 Å². The lowest BCUT2D eigenvalue weighted by molar-refractivity contribution is -0.121. The first-order chi connectivity index (χ1) is 18.8. The van der Waals surface area contributed by atoms with Crippen LogP contribution in [0.1, 0.15) is 34.7 Å². The number of aryl methyl sites for hydroxylation is 1. The van der Waals surface area contributed by atoms with Gasteiger partial charge in [-0.05, 0) is 54.4 Å². The smallest absolute Gasteiger partial charge is 0.242 e. The highest BCUT2D eigenvalue weighted by Gasteiger charge is 2.23. The van der Waals surface area contributed by atoms with Gasteiger partial charge < -0.3 is 4.74 Å². The maximum atomic E-state index is 13.0. The Morgan fingerprint density at radius 1 is 0.949 bits per heavy atom. The first-order valence-electron chi connectivity index (χ1n) is 12.2. The van der Waals surface area contributed by atoms with E-state index in [1.54, 1.807) is 48.5 Å². The first-order valence-corrected chi connectivity index (χ1v) is 14.1. The number of benzene rings is 4. The molecule has 0 spiro atoms. The Morgan fingerprint density at radius 3 is 2.41 bits per heavy atom. The van der Waals surface area contributed by atoms with E-state index < -0.39 is 22.0 Å². The lowest BCUT2D eigenvalue weighted by Gasteiger charge is -2.18. The van der Waals surface area contributed by atoms with Crippen LogP contribution in [0.15, 0.2) is 113 Å². The number of rotatable bonds is 11. The summed E-state index contributed by atoms with van der Waals surface area (Å²) in [6, 6.07) is 29.4. The van der Waals surface area contributed by atoms with Crippen molar-refractivity contribution in [1.82, 2.24) is 10.1 Å². The summed E-state index contributed by atoms with van der Waals surface area (Å²) in [6.45, 7) is 2.20. The van der Waals surface area contributed by atoms with Crippen molar-refractivity contribution in [2.75, 3.05) is 0 Å². The number of carbonyl (C=O) groups is 1. The van der Waals surface area contributed by atoms with Gasteiger partial charge in [-0.3, -0.25) is 4.79 Å². The molecule has 1 amide bonds. The second-order valence-corrected chi connectivity index (χ2v) is 11.0. The number of hydrazone groups is 1. The number of nitrogens with one attached hydrogen (secondary N) is 2. The Hall–Kier alpha value is -3.98. The van der Waals surface area contributed by atoms with Gasteiger partial charge in [-0.15, -0.1) is 0 Å². The number of nitrogens with zero attached hydrogens (tertiary/aromatic N) is 1. The predicted molar refractivity (Wildman–Crippen MR) is 153 cm³/mol. The number of hydrogen-bond donors (Lipinski definition) is 2. The summed E-state index contributed by atoms with van der Waals surface area (Å²) in [6.07, 6.45) is 1.33. The Balaban J connectivity index is 1.42. The standard InChI is InChI=1S/C30H28ClN3O4S/c1-22-14-16-27(17-15-22)39(36,37)34-28(24-9-3-2-4-10-24)19-30(35)33-32-20-25-11-5-6-13-29(25)38-21-23-8-7-12-26(31)18-23/h2-18,20,28,34H,19,21H2,1H3,(H,33,35)/b32-20-/t28-/m0/s1. The highest BCUT2D eigenvalue weighted by molar-refractivity contribution is 7.89. The molecule has 0 saturated heterocycles. The third-order valence-corrected chi connectivity index (χ3v) is 7.54. The lowest BCUT2D eigenvalue weighted by atomic mass is 10.0. The predicted octanol–water partition coefficient (Wildman–Crippen LogP) is 5.79. The molecule has 0 fully saturated rings. The quantitative estimate of drug-likeness (QED) is 0.179. The largest absolute Gasteiger partial charge is 0.488 e. The molecule has 9 heteroatoms. The fraction of sp³-hybridized carbons (Fsp3) is 0.133. The van der Waals surface area contributed by atoms with Gasteiger partial charge in [0, 0.05) is 17.0 Å². The van der Waals surface area contributed by atoms with E-state index in [1.807, 2.05) is 49.4 Å². The number of sulfonamides is 1. The molecule has 1 atom stereocenters. The van der Waals surface area contributed by atoms with Crippen molar-refractivity contribution in [3.05, 3.63) is 130 Å². The first kappa shape index (κ1) is 28.0. The third kappa shape index (κ3) is 8.25. The summed E-state index contributed by atoms with van der Waals surface area (Å²) in [7, 11) is -3.86. The Labute approximate surface area is 233 Å². The number of carbonyl (C=O) groups excluding carboxylic acids is 1. The maximum absolute atomic E-state index is 13.0. The van der Waals surface area contributed by atoms with E-state index in [-0.39, 0.29) is 11.3 Å². The van der Waals surface area contributed by atoms with Gasteiger partial charge in [-0.1, -0.05) is 83.9 Å². The van der Waals surface area contributed by atoms with Crippen LogP contribution in [-0.2, 0) is 21.4 Å². The molecule has 0 saturated carbocycles. The van der Waals surface area contributed by atoms with Gasteiger partial charge in [0.15, 0.2) is 0 Å². The van der Waals surface area contributed by atoms with E-state index in [0.29, 0.717) is 28.5 Å². The fourth-order valence-corrected chi connectivity index (χ4v) is 5.23. The summed E-state index contributed by atoms with van der Waals surface area (Å²) in [4.78, 5) is 12.9. The van der Waals surface area contributed by atoms with Crippen LogP contribution in [0.2, 0.25) is 5.02 Å². The van der Waals surface area contributed by atoms with Gasteiger partial charge in [0.1, 0.15) is 12.4 Å². The molecule has 0 aromatic heterocycles. The molecule has 4 rings (SSSR count). The highest BCUT2D eigenvalue weighted by Crippen LogP contribution is 2.22. The molecular weight excluding hydrogens is 534 g/mol. The normalized spacial score (nSPS) is 12.3. The zero-order valence-electron chi connectivity index (χ0n) is 21.3. The molecular formula is C30H28ClN3O4S. The van der Waals surface area contributed by atoms with Gasteiger partial charge in [0.05, 0.1) is 17.2 Å². The Morgan fingerprint density at radius 2 is 1.67 bits per heavy atom. The van der Waals surface area contributed by atoms with Crippen molar-refractivity contribution >= 4 is 33.7 Å². The molecule has 4 aromatic carbocycles. The zero-order valence-corrected chi connectivity index (χ0v) is 22.8. The number of halogens is 1. The molecule has 0 radical (unpaired) electrons. The molecule has 0 aliphatic carbocycles. The molecule has 0 unspecified atom stereocenters. The average Bonchev–Trinajstić information content (AvgIpc) is 2.93. The van der Waals surface area contributed by atoms with E-state index in [0.717, 1.165) is 11.1 Å². The van der Waals surface area contributed by atoms with Crippen LogP contribution in [0, 0.1) is 6.92 Å². The molecule has 0 heterocycles. The number of ether oxygens (including phenoxy) is 1. The third-order valence-electron chi connectivity index (χ3n) is 5.82. The Bertz CT molecular complexity index is 1540. The van der Waals surface area contributed by atoms with Gasteiger partial charge >= 0.3 is 0 Å². The molecule has 0 aliphatic heterocycles. The van der Waals surface area contributed by atoms with Crippen molar-refractivity contribution in [3.63, 3.8) is 0 Å². The number of para-hydroxylation sites is 1. The van der Waals surface area contributed by atoms with Crippen LogP contribution >= 0.6 is 11.6 Å². The van der Waals surface area contributed by atoms with Gasteiger partial charge in [-0.25, -0.2) is 18.6 Å². The van der Waals surface area contributed by atoms with Crippen molar-refractivity contribution in [2.24, 2.45) is 5.10 Å². The van der Waals surface area contributed by atoms with E-state index >= 15 is 0 Å². The topological polar surface area (TPSA) is 96.9 Å². The van der Waals surface area contributed by atoms with Gasteiger partial charge in [-0.2, -0.15) is 5.10 Å². The molecule has 7 nitrogen and oxygen atoms in total. The molecule has 200 valence electrons. The summed E-state index contributed by atoms with van der Waals surface area (Å²) in [5.41, 5.74) is 5.69. The fourth-order valence-electron chi connectivity index (χ4n) is 3.80. The van der Waals surface area contributed by atoms with Gasteiger partial charge in [0.2, 0.25) is 15.9 Å². The number of hydrogen-bond acceptors (Lipinski definition) is 5. The molecule has 4 aromatic rings. The van der Waals surface area contributed by atoms with E-state index in [9.17, 15) is 13.2 Å². The number of amides is 1. The minimum absolute atomic E-state index is 0.127. The van der Waals surface area contributed by atoms with E-state index in [2.05, 4.69) is 15.2 Å². The summed E-state index contributed by atoms with van der Waals surface area (Å²) in [5, 5.41) is 4.71. The van der Waals surface area contributed by atoms with Crippen LogP contribution in [0.3, 0.4) is 0 Å². The minimum atomic E-state index is -3.86. The monoisotopic (exact) mass is 561 g/mol. The Kier molecular flexibility index (Phi) is 9.49. The average molecular weight is 562 g/mol. The van der Waals surface area contributed by atoms with Gasteiger partial charge in [0.25, 0.3) is 0 Å². The van der Waals surface area contributed by atoms with Crippen molar-refractivity contribution in [1.29, 1.82) is 0 Å². The second kappa shape index (κ2) is 13.2. The summed E-state index contributed by atoms with van der Waals surface area (Å²) in [5.74, 6) is 0.132. The van der Waals surface area contributed by atoms with Crippen molar-refractivity contribution in [3.8, 4) is 5.75 Å². The molecule has 0 bridgehead atoms. The second-order valence-electron chi connectivity index (χ2n) is 8.85. The minimum Gasteiger partial charge on any atom is -0.488 e. The van der Waals surface area contributed by atoms with Crippen LogP contribution in [0.5, 0.6) is 5.75 Å². The van der Waals surface area contributed by atoms with Crippen LogP contribution in [0.4, 0.5) is 0 Å². The zero-order chi connectivity index (χ0) is 27.7. The van der Waals surface area contributed by atoms with Crippen LogP contribution in [-0.4, -0.2) is 20.5 Å². The molecule has 0 aliphatic rings. The molecule has 39 heavy (non-hydrogen) atoms. The van der Waals surface area contributed by atoms with Crippen molar-refractivity contribution in [2.45, 2.75) is 30.9 Å². The SMILES string of the molecule is Cc1ccc(S(=O)(=O)N[C@@H](CC(=O)N/N=C\c2ccccc2OCc2cccc(Cl)c2)c2ccccc2)cc1.